The van der Waals surface area contributed by atoms with Gasteiger partial charge < -0.3 is 9.47 Å². The van der Waals surface area contributed by atoms with E-state index in [9.17, 15) is 9.59 Å². The Morgan fingerprint density at radius 1 is 1.00 bits per heavy atom. The third-order valence-corrected chi connectivity index (χ3v) is 2.24. The Hall–Kier alpha value is -1.58. The van der Waals surface area contributed by atoms with Crippen molar-refractivity contribution in [2.24, 2.45) is 5.92 Å². The first-order valence-electron chi connectivity index (χ1n) is 6.13. The largest absolute Gasteiger partial charge is 0.463 e. The summed E-state index contributed by atoms with van der Waals surface area (Å²) in [6.07, 6.45) is 4.45. The van der Waals surface area contributed by atoms with Gasteiger partial charge in [-0.2, -0.15) is 0 Å². The number of hydrogen-bond acceptors (Lipinski definition) is 4. The van der Waals surface area contributed by atoms with Crippen molar-refractivity contribution in [2.45, 2.75) is 33.6 Å². The van der Waals surface area contributed by atoms with Crippen LogP contribution in [0.5, 0.6) is 0 Å². The Balaban J connectivity index is 0. The molecule has 0 atom stereocenters. The molecule has 0 unspecified atom stereocenters. The van der Waals surface area contributed by atoms with Gasteiger partial charge in [0.25, 0.3) is 0 Å². The second-order valence-corrected chi connectivity index (χ2v) is 3.47. The van der Waals surface area contributed by atoms with Crippen LogP contribution in [-0.2, 0) is 19.1 Å². The molecule has 0 aliphatic rings. The van der Waals surface area contributed by atoms with Crippen LogP contribution in [0.25, 0.3) is 0 Å². The van der Waals surface area contributed by atoms with Gasteiger partial charge in [-0.25, -0.2) is 9.59 Å². The third-order valence-electron chi connectivity index (χ3n) is 2.24. The van der Waals surface area contributed by atoms with E-state index in [-0.39, 0.29) is 11.9 Å². The number of ether oxygens (including phenoxy) is 2. The summed E-state index contributed by atoms with van der Waals surface area (Å²) >= 11 is 0. The number of esters is 2. The van der Waals surface area contributed by atoms with Crippen molar-refractivity contribution in [3.8, 4) is 0 Å². The molecule has 0 saturated carbocycles. The fraction of sp³-hybridized carbons (Fsp3) is 0.571. The van der Waals surface area contributed by atoms with E-state index in [0.717, 1.165) is 18.9 Å². The van der Waals surface area contributed by atoms with Gasteiger partial charge >= 0.3 is 11.9 Å². The zero-order chi connectivity index (χ0) is 14.4. The predicted molar refractivity (Wildman–Crippen MR) is 72.1 cm³/mol. The molecule has 0 amide bonds. The highest BCUT2D eigenvalue weighted by molar-refractivity contribution is 5.81. The monoisotopic (exact) mass is 256 g/mol. The van der Waals surface area contributed by atoms with E-state index in [1.807, 2.05) is 0 Å². The van der Waals surface area contributed by atoms with Gasteiger partial charge in [0.1, 0.15) is 0 Å². The van der Waals surface area contributed by atoms with Crippen molar-refractivity contribution < 1.29 is 19.1 Å². The second-order valence-electron chi connectivity index (χ2n) is 3.47. The lowest BCUT2D eigenvalue weighted by Gasteiger charge is -2.10. The summed E-state index contributed by atoms with van der Waals surface area (Å²) in [6.45, 7) is 13.4. The van der Waals surface area contributed by atoms with Crippen molar-refractivity contribution in [3.63, 3.8) is 0 Å². The Labute approximate surface area is 110 Å². The summed E-state index contributed by atoms with van der Waals surface area (Å²) in [5.74, 6) is -0.182. The van der Waals surface area contributed by atoms with Crippen molar-refractivity contribution in [1.82, 2.24) is 0 Å². The molecule has 0 heterocycles. The van der Waals surface area contributed by atoms with E-state index in [4.69, 9.17) is 4.74 Å². The lowest BCUT2D eigenvalue weighted by atomic mass is 10.1. The van der Waals surface area contributed by atoms with Gasteiger partial charge in [0.05, 0.1) is 13.2 Å². The van der Waals surface area contributed by atoms with Crippen molar-refractivity contribution in [3.05, 3.63) is 25.3 Å². The number of carbonyl (C=O) groups is 2. The summed E-state index contributed by atoms with van der Waals surface area (Å²) in [7, 11) is 0. The molecule has 0 aliphatic heterocycles. The number of rotatable bonds is 7. The van der Waals surface area contributed by atoms with Gasteiger partial charge in [-0.1, -0.05) is 39.8 Å². The molecule has 0 aromatic heterocycles. The van der Waals surface area contributed by atoms with Crippen LogP contribution >= 0.6 is 0 Å². The highest BCUT2D eigenvalue weighted by Crippen LogP contribution is 2.07. The number of hydrogen-bond donors (Lipinski definition) is 0. The average Bonchev–Trinajstić information content (AvgIpc) is 2.40. The highest BCUT2D eigenvalue weighted by atomic mass is 16.5. The molecule has 18 heavy (non-hydrogen) atoms. The van der Waals surface area contributed by atoms with Crippen LogP contribution in [0.1, 0.15) is 33.6 Å². The van der Waals surface area contributed by atoms with Crippen LogP contribution in [0.3, 0.4) is 0 Å². The lowest BCUT2D eigenvalue weighted by molar-refractivity contribution is -0.139. The van der Waals surface area contributed by atoms with Gasteiger partial charge in [0.2, 0.25) is 0 Å². The van der Waals surface area contributed by atoms with E-state index < -0.39 is 0 Å². The molecule has 4 heteroatoms. The average molecular weight is 256 g/mol. The topological polar surface area (TPSA) is 52.6 Å². The minimum Gasteiger partial charge on any atom is -0.463 e. The minimum atomic E-state index is -0.359. The molecule has 0 saturated heterocycles. The second kappa shape index (κ2) is 13.5. The molecule has 104 valence electrons. The van der Waals surface area contributed by atoms with Crippen LogP contribution in [-0.4, -0.2) is 25.2 Å². The fourth-order valence-corrected chi connectivity index (χ4v) is 0.984. The first kappa shape index (κ1) is 18.8. The number of carbonyl (C=O) groups excluding carboxylic acids is 2. The molecule has 0 N–H and O–H groups in total. The molecule has 4 nitrogen and oxygen atoms in total. The quantitative estimate of drug-likeness (QED) is 0.519. The van der Waals surface area contributed by atoms with Crippen molar-refractivity contribution in [1.29, 1.82) is 0 Å². The maximum atomic E-state index is 10.6. The fourth-order valence-electron chi connectivity index (χ4n) is 0.984. The summed E-state index contributed by atoms with van der Waals surface area (Å²) < 4.78 is 9.31. The van der Waals surface area contributed by atoms with Crippen LogP contribution in [0.4, 0.5) is 0 Å². The van der Waals surface area contributed by atoms with Crippen molar-refractivity contribution >= 4 is 11.9 Å². The molecule has 0 aromatic carbocycles. The SMILES string of the molecule is C=CC(=O)OCC.C=CC(=O)OCC(CC)CC. The third kappa shape index (κ3) is 12.5. The Morgan fingerprint density at radius 2 is 1.44 bits per heavy atom. The van der Waals surface area contributed by atoms with E-state index in [0.29, 0.717) is 19.1 Å². The molecule has 0 aromatic rings. The molecular weight excluding hydrogens is 232 g/mol. The molecule has 0 spiro atoms. The van der Waals surface area contributed by atoms with E-state index >= 15 is 0 Å². The van der Waals surface area contributed by atoms with Gasteiger partial charge in [-0.15, -0.1) is 0 Å². The maximum Gasteiger partial charge on any atom is 0.330 e. The van der Waals surface area contributed by atoms with Crippen molar-refractivity contribution in [2.75, 3.05) is 13.2 Å². The first-order chi connectivity index (χ1) is 8.55. The van der Waals surface area contributed by atoms with E-state index in [1.165, 1.54) is 6.08 Å². The van der Waals surface area contributed by atoms with Crippen LogP contribution in [0.2, 0.25) is 0 Å². The standard InChI is InChI=1S/C9H16O2.C5H8O2/c1-4-8(5-2)7-11-9(10)6-3;1-3-5(6)7-4-2/h6,8H,3-5,7H2,1-2H3;3H,1,4H2,2H3. The summed E-state index contributed by atoms with van der Waals surface area (Å²) in [5.41, 5.74) is 0. The Kier molecular flexibility index (Phi) is 14.1. The smallest absolute Gasteiger partial charge is 0.330 e. The molecule has 0 rings (SSSR count). The Bertz CT molecular complexity index is 255. The van der Waals surface area contributed by atoms with E-state index in [2.05, 4.69) is 31.7 Å². The van der Waals surface area contributed by atoms with Crippen LogP contribution in [0.15, 0.2) is 25.3 Å². The van der Waals surface area contributed by atoms with Gasteiger partial charge in [-0.05, 0) is 12.8 Å². The molecular formula is C14H24O4. The zero-order valence-electron chi connectivity index (χ0n) is 11.6. The Morgan fingerprint density at radius 3 is 1.72 bits per heavy atom. The maximum absolute atomic E-state index is 10.6. The summed E-state index contributed by atoms with van der Waals surface area (Å²) in [4.78, 5) is 20.7. The highest BCUT2D eigenvalue weighted by Gasteiger charge is 2.04. The molecule has 0 bridgehead atoms. The molecule has 0 radical (unpaired) electrons. The van der Waals surface area contributed by atoms with Crippen LogP contribution < -0.4 is 0 Å². The normalized spacial score (nSPS) is 8.89. The van der Waals surface area contributed by atoms with Gasteiger partial charge in [-0.3, -0.25) is 0 Å². The predicted octanol–water partition coefficient (Wildman–Crippen LogP) is 2.89. The van der Waals surface area contributed by atoms with E-state index in [1.54, 1.807) is 6.92 Å². The minimum absolute atomic E-state index is 0.322. The molecule has 0 fully saturated rings. The van der Waals surface area contributed by atoms with Gasteiger partial charge in [0, 0.05) is 12.2 Å². The zero-order valence-corrected chi connectivity index (χ0v) is 11.6. The summed E-state index contributed by atoms with van der Waals surface area (Å²) in [6, 6.07) is 0. The first-order valence-corrected chi connectivity index (χ1v) is 6.13. The molecule has 0 aliphatic carbocycles. The summed E-state index contributed by atoms with van der Waals surface area (Å²) in [5, 5.41) is 0. The van der Waals surface area contributed by atoms with Gasteiger partial charge in [0.15, 0.2) is 0 Å². The van der Waals surface area contributed by atoms with Crippen LogP contribution in [0, 0.1) is 5.92 Å². The lowest BCUT2D eigenvalue weighted by Crippen LogP contribution is -2.10.